The largest absolute Gasteiger partial charge is 0.475 e. The molecule has 0 fully saturated rings. The van der Waals surface area contributed by atoms with E-state index in [0.29, 0.717) is 6.61 Å². The first-order valence-electron chi connectivity index (χ1n) is 9.87. The summed E-state index contributed by atoms with van der Waals surface area (Å²) in [6.07, 6.45) is 0. The number of phosphoric ester groups is 1. The molecule has 0 bridgehead atoms. The molecule has 0 saturated heterocycles. The second-order valence-corrected chi connectivity index (χ2v) is 14.9. The second kappa shape index (κ2) is 10.7. The summed E-state index contributed by atoms with van der Waals surface area (Å²) < 4.78 is 36.1. The average Bonchev–Trinajstić information content (AvgIpc) is 2.69. The minimum atomic E-state index is -3.74. The van der Waals surface area contributed by atoms with Gasteiger partial charge >= 0.3 is 7.82 Å². The number of hydrogen-bond donors (Lipinski definition) is 0. The molecule has 0 heterocycles. The average molecular weight is 437 g/mol. The van der Waals surface area contributed by atoms with Crippen molar-refractivity contribution in [2.24, 2.45) is 0 Å². The molecule has 29 heavy (non-hydrogen) atoms. The van der Waals surface area contributed by atoms with E-state index in [0.717, 1.165) is 11.1 Å². The van der Waals surface area contributed by atoms with Gasteiger partial charge in [0.15, 0.2) is 8.32 Å². The van der Waals surface area contributed by atoms with Gasteiger partial charge in [-0.15, -0.1) is 0 Å². The van der Waals surface area contributed by atoms with Crippen molar-refractivity contribution in [2.45, 2.75) is 52.1 Å². The third kappa shape index (κ3) is 8.17. The zero-order chi connectivity index (χ0) is 21.4. The molecule has 0 atom stereocenters. The minimum absolute atomic E-state index is 0.102. The maximum atomic E-state index is 13.2. The van der Waals surface area contributed by atoms with Crippen LogP contribution in [0.3, 0.4) is 0 Å². The van der Waals surface area contributed by atoms with Crippen LogP contribution in [0.4, 0.5) is 0 Å². The number of phosphoric acid groups is 1. The maximum absolute atomic E-state index is 13.2. The van der Waals surface area contributed by atoms with E-state index in [2.05, 4.69) is 33.9 Å². The summed E-state index contributed by atoms with van der Waals surface area (Å²) in [4.78, 5) is 0. The maximum Gasteiger partial charge on any atom is 0.475 e. The summed E-state index contributed by atoms with van der Waals surface area (Å²) in [5, 5.41) is 0.102. The van der Waals surface area contributed by atoms with Crippen LogP contribution in [-0.4, -0.2) is 21.5 Å². The SMILES string of the molecule is CC(C)(C)[Si](C)(C)OCCOP(=O)(OCc1ccccc1)OCc1ccccc1. The standard InChI is InChI=1S/C22H33O5PSi/c1-22(2,3)29(4,5)27-17-16-24-28(23,25-18-20-12-8-6-9-13-20)26-19-21-14-10-7-11-15-21/h6-15H,16-19H2,1-5H3. The normalized spacial score (nSPS) is 12.9. The number of rotatable bonds is 11. The summed E-state index contributed by atoms with van der Waals surface area (Å²) in [7, 11) is -5.63. The lowest BCUT2D eigenvalue weighted by Crippen LogP contribution is -2.41. The van der Waals surface area contributed by atoms with Crippen molar-refractivity contribution in [3.8, 4) is 0 Å². The summed E-state index contributed by atoms with van der Waals surface area (Å²) >= 11 is 0. The van der Waals surface area contributed by atoms with Crippen molar-refractivity contribution in [2.75, 3.05) is 13.2 Å². The molecule has 0 aliphatic heterocycles. The van der Waals surface area contributed by atoms with Crippen molar-refractivity contribution in [1.29, 1.82) is 0 Å². The van der Waals surface area contributed by atoms with Crippen LogP contribution in [0.5, 0.6) is 0 Å². The highest BCUT2D eigenvalue weighted by Gasteiger charge is 2.37. The van der Waals surface area contributed by atoms with E-state index in [-0.39, 0.29) is 24.9 Å². The molecule has 2 rings (SSSR count). The Hall–Kier alpha value is -1.27. The lowest BCUT2D eigenvalue weighted by molar-refractivity contribution is 0.0890. The molecule has 0 radical (unpaired) electrons. The number of benzene rings is 2. The van der Waals surface area contributed by atoms with E-state index in [9.17, 15) is 4.57 Å². The molecular formula is C22H33O5PSi. The summed E-state index contributed by atoms with van der Waals surface area (Å²) in [5.41, 5.74) is 1.80. The molecule has 0 aliphatic carbocycles. The van der Waals surface area contributed by atoms with E-state index < -0.39 is 16.1 Å². The van der Waals surface area contributed by atoms with Crippen LogP contribution in [0.1, 0.15) is 31.9 Å². The van der Waals surface area contributed by atoms with Crippen molar-refractivity contribution in [3.05, 3.63) is 71.8 Å². The minimum Gasteiger partial charge on any atom is -0.414 e. The molecule has 160 valence electrons. The van der Waals surface area contributed by atoms with Gasteiger partial charge in [-0.25, -0.2) is 4.57 Å². The lowest BCUT2D eigenvalue weighted by Gasteiger charge is -2.36. The van der Waals surface area contributed by atoms with Crippen LogP contribution in [0, 0.1) is 0 Å². The monoisotopic (exact) mass is 436 g/mol. The predicted molar refractivity (Wildman–Crippen MR) is 119 cm³/mol. The van der Waals surface area contributed by atoms with Crippen molar-refractivity contribution in [3.63, 3.8) is 0 Å². The Bertz CT molecular complexity index is 727. The van der Waals surface area contributed by atoms with Crippen molar-refractivity contribution in [1.82, 2.24) is 0 Å². The van der Waals surface area contributed by atoms with Gasteiger partial charge in [-0.1, -0.05) is 81.4 Å². The molecule has 5 nitrogen and oxygen atoms in total. The third-order valence-corrected chi connectivity index (χ3v) is 11.0. The van der Waals surface area contributed by atoms with E-state index in [1.807, 2.05) is 60.7 Å². The number of hydrogen-bond acceptors (Lipinski definition) is 5. The molecule has 2 aromatic carbocycles. The molecule has 0 aromatic heterocycles. The smallest absolute Gasteiger partial charge is 0.414 e. The molecule has 0 aliphatic rings. The summed E-state index contributed by atoms with van der Waals surface area (Å²) in [6.45, 7) is 11.7. The quantitative estimate of drug-likeness (QED) is 0.227. The second-order valence-electron chi connectivity index (χ2n) is 8.41. The molecule has 0 N–H and O–H groups in total. The molecule has 0 unspecified atom stereocenters. The van der Waals surface area contributed by atoms with Gasteiger partial charge in [-0.3, -0.25) is 13.6 Å². The Labute approximate surface area is 176 Å². The first-order chi connectivity index (χ1) is 13.6. The van der Waals surface area contributed by atoms with Gasteiger partial charge in [0.1, 0.15) is 0 Å². The highest BCUT2D eigenvalue weighted by Crippen LogP contribution is 2.51. The van der Waals surface area contributed by atoms with Crippen LogP contribution in [0.15, 0.2) is 60.7 Å². The Balaban J connectivity index is 1.95. The van der Waals surface area contributed by atoms with Gasteiger partial charge in [-0.2, -0.15) is 0 Å². The van der Waals surface area contributed by atoms with Crippen LogP contribution in [0.2, 0.25) is 18.1 Å². The van der Waals surface area contributed by atoms with Crippen LogP contribution in [0.25, 0.3) is 0 Å². The van der Waals surface area contributed by atoms with Crippen molar-refractivity contribution >= 4 is 16.1 Å². The highest BCUT2D eigenvalue weighted by molar-refractivity contribution is 7.48. The Morgan fingerprint density at radius 3 is 1.62 bits per heavy atom. The molecule has 0 saturated carbocycles. The first kappa shape index (κ1) is 24.0. The molecule has 0 amide bonds. The van der Waals surface area contributed by atoms with Gasteiger partial charge < -0.3 is 4.43 Å². The Morgan fingerprint density at radius 2 is 1.21 bits per heavy atom. The fraction of sp³-hybridized carbons (Fsp3) is 0.455. The first-order valence-corrected chi connectivity index (χ1v) is 14.2. The van der Waals surface area contributed by atoms with E-state index >= 15 is 0 Å². The Morgan fingerprint density at radius 1 is 0.759 bits per heavy atom. The van der Waals surface area contributed by atoms with Gasteiger partial charge in [0.05, 0.1) is 26.4 Å². The zero-order valence-corrected chi connectivity index (χ0v) is 20.0. The topological polar surface area (TPSA) is 54.0 Å². The van der Waals surface area contributed by atoms with E-state index in [1.165, 1.54) is 0 Å². The van der Waals surface area contributed by atoms with Crippen molar-refractivity contribution < 1.29 is 22.6 Å². The molecule has 2 aromatic rings. The molecular weight excluding hydrogens is 403 g/mol. The van der Waals surface area contributed by atoms with Gasteiger partial charge in [0.25, 0.3) is 0 Å². The van der Waals surface area contributed by atoms with Crippen LogP contribution >= 0.6 is 7.82 Å². The fourth-order valence-corrected chi connectivity index (χ4v) is 4.39. The Kier molecular flexibility index (Phi) is 8.83. The molecule has 7 heteroatoms. The van der Waals surface area contributed by atoms with E-state index in [1.54, 1.807) is 0 Å². The lowest BCUT2D eigenvalue weighted by atomic mass is 10.2. The van der Waals surface area contributed by atoms with Gasteiger partial charge in [-0.05, 0) is 29.3 Å². The predicted octanol–water partition coefficient (Wildman–Crippen LogP) is 6.57. The zero-order valence-electron chi connectivity index (χ0n) is 18.1. The third-order valence-electron chi connectivity index (χ3n) is 5.07. The van der Waals surface area contributed by atoms with Gasteiger partial charge in [0.2, 0.25) is 0 Å². The molecule has 0 spiro atoms. The van der Waals surface area contributed by atoms with Gasteiger partial charge in [0, 0.05) is 0 Å². The highest BCUT2D eigenvalue weighted by atomic mass is 31.2. The van der Waals surface area contributed by atoms with Crippen LogP contribution in [-0.2, 0) is 35.8 Å². The fourth-order valence-electron chi connectivity index (χ4n) is 2.23. The van der Waals surface area contributed by atoms with Crippen LogP contribution < -0.4 is 0 Å². The summed E-state index contributed by atoms with van der Waals surface area (Å²) in [5.74, 6) is 0. The summed E-state index contributed by atoms with van der Waals surface area (Å²) in [6, 6.07) is 19.1. The van der Waals surface area contributed by atoms with E-state index in [4.69, 9.17) is 18.0 Å².